The summed E-state index contributed by atoms with van der Waals surface area (Å²) in [7, 11) is 0. The number of hydrazone groups is 1. The van der Waals surface area contributed by atoms with Crippen LogP contribution >= 0.6 is 11.6 Å². The lowest BCUT2D eigenvalue weighted by Crippen LogP contribution is -2.51. The average Bonchev–Trinajstić information content (AvgIpc) is 2.74. The maximum Gasteiger partial charge on any atom is 0.270 e. The molecule has 0 radical (unpaired) electrons. The second-order valence-corrected chi connectivity index (χ2v) is 7.79. The van der Waals surface area contributed by atoms with Crippen LogP contribution in [0.4, 0.5) is 11.4 Å². The summed E-state index contributed by atoms with van der Waals surface area (Å²) in [6, 6.07) is 15.3. The third-order valence-electron chi connectivity index (χ3n) is 5.27. The summed E-state index contributed by atoms with van der Waals surface area (Å²) < 4.78 is 0. The standard InChI is InChI=1S/C22H23ClN4O2/c1-16-4-2-7-19(14-16)27-21(28)9-8-20(24-27)22(29)26-12-10-25(11-13-26)18-6-3-5-17(23)15-18/h2-7,14-15H,8-13H2,1H3. The molecular weight excluding hydrogens is 388 g/mol. The first-order valence-corrected chi connectivity index (χ1v) is 10.2. The number of piperazine rings is 1. The van der Waals surface area contributed by atoms with Crippen molar-refractivity contribution in [1.82, 2.24) is 4.90 Å². The topological polar surface area (TPSA) is 56.2 Å². The molecule has 0 aliphatic carbocycles. The minimum atomic E-state index is -0.0853. The van der Waals surface area contributed by atoms with Crippen molar-refractivity contribution in [3.05, 3.63) is 59.1 Å². The molecule has 2 aliphatic rings. The Labute approximate surface area is 175 Å². The van der Waals surface area contributed by atoms with Gasteiger partial charge in [-0.05, 0) is 42.8 Å². The number of nitrogens with zero attached hydrogens (tertiary/aromatic N) is 4. The molecule has 0 unspecified atom stereocenters. The van der Waals surface area contributed by atoms with Gasteiger partial charge in [-0.25, -0.2) is 5.01 Å². The summed E-state index contributed by atoms with van der Waals surface area (Å²) in [6.45, 7) is 4.67. The van der Waals surface area contributed by atoms with Gasteiger partial charge in [-0.1, -0.05) is 29.8 Å². The van der Waals surface area contributed by atoms with Crippen LogP contribution in [0, 0.1) is 6.92 Å². The highest BCUT2D eigenvalue weighted by molar-refractivity contribution is 6.40. The van der Waals surface area contributed by atoms with E-state index in [4.69, 9.17) is 11.6 Å². The lowest BCUT2D eigenvalue weighted by Gasteiger charge is -2.36. The highest BCUT2D eigenvalue weighted by Gasteiger charge is 2.30. The SMILES string of the molecule is Cc1cccc(N2N=C(C(=O)N3CCN(c4cccc(Cl)c4)CC3)CCC2=O)c1. The molecule has 0 bridgehead atoms. The van der Waals surface area contributed by atoms with Gasteiger partial charge in [0, 0.05) is 49.7 Å². The molecule has 2 aromatic carbocycles. The van der Waals surface area contributed by atoms with E-state index in [1.165, 1.54) is 5.01 Å². The molecule has 2 amide bonds. The minimum Gasteiger partial charge on any atom is -0.368 e. The van der Waals surface area contributed by atoms with E-state index >= 15 is 0 Å². The molecule has 2 heterocycles. The fraction of sp³-hybridized carbons (Fsp3) is 0.318. The Kier molecular flexibility index (Phi) is 5.53. The minimum absolute atomic E-state index is 0.0825. The number of anilines is 2. The van der Waals surface area contributed by atoms with Crippen LogP contribution in [0.5, 0.6) is 0 Å². The van der Waals surface area contributed by atoms with Gasteiger partial charge in [-0.3, -0.25) is 9.59 Å². The maximum absolute atomic E-state index is 13.0. The highest BCUT2D eigenvalue weighted by Crippen LogP contribution is 2.23. The molecule has 0 atom stereocenters. The molecule has 0 saturated carbocycles. The summed E-state index contributed by atoms with van der Waals surface area (Å²) in [5.74, 6) is -0.168. The molecule has 2 aromatic rings. The van der Waals surface area contributed by atoms with Crippen LogP contribution in [-0.2, 0) is 9.59 Å². The number of aryl methyl sites for hydroxylation is 1. The fourth-order valence-electron chi connectivity index (χ4n) is 3.69. The molecule has 7 heteroatoms. The number of carbonyl (C=O) groups excluding carboxylic acids is 2. The average molecular weight is 411 g/mol. The van der Waals surface area contributed by atoms with Gasteiger partial charge in [0.1, 0.15) is 5.71 Å². The lowest BCUT2D eigenvalue weighted by atomic mass is 10.1. The van der Waals surface area contributed by atoms with E-state index in [1.54, 1.807) is 0 Å². The van der Waals surface area contributed by atoms with Gasteiger partial charge in [0.15, 0.2) is 0 Å². The van der Waals surface area contributed by atoms with Gasteiger partial charge in [-0.15, -0.1) is 0 Å². The van der Waals surface area contributed by atoms with Gasteiger partial charge in [0.25, 0.3) is 5.91 Å². The van der Waals surface area contributed by atoms with E-state index in [1.807, 2.05) is 60.4 Å². The summed E-state index contributed by atoms with van der Waals surface area (Å²) in [5.41, 5.74) is 3.25. The first-order valence-electron chi connectivity index (χ1n) is 9.78. The van der Waals surface area contributed by atoms with Crippen molar-refractivity contribution in [3.8, 4) is 0 Å². The molecule has 2 aliphatic heterocycles. The summed E-state index contributed by atoms with van der Waals surface area (Å²) >= 11 is 6.09. The lowest BCUT2D eigenvalue weighted by molar-refractivity contribution is -0.124. The van der Waals surface area contributed by atoms with Gasteiger partial charge in [0.2, 0.25) is 5.91 Å². The van der Waals surface area contributed by atoms with E-state index in [0.717, 1.165) is 24.3 Å². The van der Waals surface area contributed by atoms with Crippen LogP contribution < -0.4 is 9.91 Å². The van der Waals surface area contributed by atoms with E-state index in [9.17, 15) is 9.59 Å². The zero-order chi connectivity index (χ0) is 20.4. The summed E-state index contributed by atoms with van der Waals surface area (Å²) in [5, 5.41) is 6.49. The maximum atomic E-state index is 13.0. The largest absolute Gasteiger partial charge is 0.368 e. The molecule has 0 aromatic heterocycles. The predicted molar refractivity (Wildman–Crippen MR) is 116 cm³/mol. The monoisotopic (exact) mass is 410 g/mol. The van der Waals surface area contributed by atoms with Crippen molar-refractivity contribution in [2.45, 2.75) is 19.8 Å². The van der Waals surface area contributed by atoms with Gasteiger partial charge >= 0.3 is 0 Å². The first kappa shape index (κ1) is 19.5. The Balaban J connectivity index is 1.45. The Bertz CT molecular complexity index is 967. The van der Waals surface area contributed by atoms with Crippen LogP contribution in [0.25, 0.3) is 0 Å². The van der Waals surface area contributed by atoms with E-state index in [2.05, 4.69) is 10.0 Å². The first-order chi connectivity index (χ1) is 14.0. The van der Waals surface area contributed by atoms with E-state index in [-0.39, 0.29) is 11.8 Å². The smallest absolute Gasteiger partial charge is 0.270 e. The van der Waals surface area contributed by atoms with Crippen LogP contribution in [0.15, 0.2) is 53.6 Å². The summed E-state index contributed by atoms with van der Waals surface area (Å²) in [6.07, 6.45) is 0.676. The van der Waals surface area contributed by atoms with Crippen LogP contribution in [-0.4, -0.2) is 48.6 Å². The molecule has 1 saturated heterocycles. The van der Waals surface area contributed by atoms with E-state index < -0.39 is 0 Å². The Morgan fingerprint density at radius 2 is 1.69 bits per heavy atom. The van der Waals surface area contributed by atoms with Gasteiger partial charge < -0.3 is 9.80 Å². The molecule has 29 heavy (non-hydrogen) atoms. The van der Waals surface area contributed by atoms with Gasteiger partial charge in [0.05, 0.1) is 5.69 Å². The second-order valence-electron chi connectivity index (χ2n) is 7.35. The Morgan fingerprint density at radius 1 is 0.966 bits per heavy atom. The van der Waals surface area contributed by atoms with E-state index in [0.29, 0.717) is 42.4 Å². The quantitative estimate of drug-likeness (QED) is 0.778. The number of hydrogen-bond acceptors (Lipinski definition) is 4. The normalized spacial score (nSPS) is 17.4. The van der Waals surface area contributed by atoms with Crippen LogP contribution in [0.2, 0.25) is 5.02 Å². The third-order valence-corrected chi connectivity index (χ3v) is 5.50. The van der Waals surface area contributed by atoms with Crippen LogP contribution in [0.1, 0.15) is 18.4 Å². The van der Waals surface area contributed by atoms with Crippen LogP contribution in [0.3, 0.4) is 0 Å². The van der Waals surface area contributed by atoms with Crippen molar-refractivity contribution in [2.24, 2.45) is 5.10 Å². The highest BCUT2D eigenvalue weighted by atomic mass is 35.5. The molecule has 150 valence electrons. The third kappa shape index (κ3) is 4.27. The van der Waals surface area contributed by atoms with Crippen molar-refractivity contribution in [2.75, 3.05) is 36.1 Å². The number of rotatable bonds is 3. The zero-order valence-electron chi connectivity index (χ0n) is 16.3. The predicted octanol–water partition coefficient (Wildman–Crippen LogP) is 3.48. The molecule has 4 rings (SSSR count). The van der Waals surface area contributed by atoms with Crippen molar-refractivity contribution in [1.29, 1.82) is 0 Å². The molecule has 0 spiro atoms. The van der Waals surface area contributed by atoms with Crippen molar-refractivity contribution in [3.63, 3.8) is 0 Å². The zero-order valence-corrected chi connectivity index (χ0v) is 17.1. The Hall–Kier alpha value is -2.86. The number of halogens is 1. The summed E-state index contributed by atoms with van der Waals surface area (Å²) in [4.78, 5) is 29.4. The number of hydrogen-bond donors (Lipinski definition) is 0. The molecule has 1 fully saturated rings. The van der Waals surface area contributed by atoms with Crippen molar-refractivity contribution >= 4 is 40.5 Å². The molecule has 0 N–H and O–H groups in total. The number of carbonyl (C=O) groups is 2. The number of amides is 2. The van der Waals surface area contributed by atoms with Gasteiger partial charge in [-0.2, -0.15) is 5.10 Å². The molecular formula is C22H23ClN4O2. The Morgan fingerprint density at radius 3 is 2.41 bits per heavy atom. The van der Waals surface area contributed by atoms with Crippen molar-refractivity contribution < 1.29 is 9.59 Å². The molecule has 6 nitrogen and oxygen atoms in total. The number of benzene rings is 2. The second kappa shape index (κ2) is 8.25. The fourth-order valence-corrected chi connectivity index (χ4v) is 3.88.